The summed E-state index contributed by atoms with van der Waals surface area (Å²) in [6, 6.07) is -0.658. The normalized spacial score (nSPS) is 49.1. The second kappa shape index (κ2) is 8.31. The first kappa shape index (κ1) is 27.7. The fraction of sp³-hybridized carbons (Fsp3) is 0.875. The van der Waals surface area contributed by atoms with Crippen LogP contribution in [-0.2, 0) is 23.9 Å². The number of rotatable bonds is 1. The fourth-order valence-electron chi connectivity index (χ4n) is 10.9. The van der Waals surface area contributed by atoms with Crippen LogP contribution in [0.1, 0.15) is 106 Å². The molecular formula is C32H47NO5. The van der Waals surface area contributed by atoms with Crippen LogP contribution in [0.2, 0.25) is 0 Å². The van der Waals surface area contributed by atoms with Crippen LogP contribution in [0.4, 0.5) is 0 Å². The third-order valence-electron chi connectivity index (χ3n) is 13.3. The van der Waals surface area contributed by atoms with E-state index in [9.17, 15) is 14.4 Å². The maximum Gasteiger partial charge on any atom is 0.312 e. The minimum Gasteiger partial charge on any atom is -0.469 e. The van der Waals surface area contributed by atoms with Gasteiger partial charge in [0, 0.05) is 29.6 Å². The SMILES string of the molecule is [C-]#[N+]C1C[C@]2(C)[C@H]3CC(=O)O[C@@H]4[C@@H]5CC(C)(C)CC[C@]5(C(=O)OC)CC[C@@]4(C)[C@]3(C)CC[C@H]2C(C)(C)C1=O. The highest BCUT2D eigenvalue weighted by Crippen LogP contribution is 2.74. The van der Waals surface area contributed by atoms with Crippen molar-refractivity contribution < 1.29 is 23.9 Å². The smallest absolute Gasteiger partial charge is 0.312 e. The van der Waals surface area contributed by atoms with E-state index in [1.807, 2.05) is 13.8 Å². The number of carbonyl (C=O) groups is 3. The highest BCUT2D eigenvalue weighted by atomic mass is 16.5. The summed E-state index contributed by atoms with van der Waals surface area (Å²) in [4.78, 5) is 44.4. The van der Waals surface area contributed by atoms with Gasteiger partial charge in [0.05, 0.1) is 12.5 Å². The lowest BCUT2D eigenvalue weighted by molar-refractivity contribution is -0.230. The Morgan fingerprint density at radius 3 is 2.21 bits per heavy atom. The molecule has 5 rings (SSSR count). The first-order valence-corrected chi connectivity index (χ1v) is 14.7. The summed E-state index contributed by atoms with van der Waals surface area (Å²) < 4.78 is 12.0. The first-order valence-electron chi connectivity index (χ1n) is 14.7. The molecule has 6 heteroatoms. The average molecular weight is 526 g/mol. The molecule has 1 heterocycles. The van der Waals surface area contributed by atoms with Gasteiger partial charge in [0.25, 0.3) is 6.04 Å². The van der Waals surface area contributed by atoms with Gasteiger partial charge in [-0.1, -0.05) is 48.5 Å². The monoisotopic (exact) mass is 525 g/mol. The molecule has 4 saturated carbocycles. The molecular weight excluding hydrogens is 478 g/mol. The van der Waals surface area contributed by atoms with Gasteiger partial charge in [0.15, 0.2) is 0 Å². The number of Topliss-reactive ketones (excluding diaryl/α,β-unsaturated/α-hetero) is 1. The predicted octanol–water partition coefficient (Wildman–Crippen LogP) is 6.41. The number of ether oxygens (including phenoxy) is 2. The van der Waals surface area contributed by atoms with Crippen LogP contribution in [0.25, 0.3) is 4.85 Å². The van der Waals surface area contributed by atoms with Crippen molar-refractivity contribution in [3.63, 3.8) is 0 Å². The minimum absolute atomic E-state index is 0.00935. The Labute approximate surface area is 228 Å². The molecule has 1 unspecified atom stereocenters. The predicted molar refractivity (Wildman–Crippen MR) is 144 cm³/mol. The molecule has 0 aromatic rings. The van der Waals surface area contributed by atoms with Gasteiger partial charge < -0.3 is 14.3 Å². The molecule has 0 aromatic heterocycles. The van der Waals surface area contributed by atoms with Crippen LogP contribution in [0.5, 0.6) is 0 Å². The zero-order chi connectivity index (χ0) is 28.1. The minimum atomic E-state index is -0.658. The molecule has 0 amide bonds. The maximum absolute atomic E-state index is 13.8. The van der Waals surface area contributed by atoms with E-state index in [0.29, 0.717) is 12.8 Å². The van der Waals surface area contributed by atoms with Gasteiger partial charge in [0.2, 0.25) is 5.78 Å². The zero-order valence-corrected chi connectivity index (χ0v) is 24.7. The van der Waals surface area contributed by atoms with E-state index in [2.05, 4.69) is 39.5 Å². The van der Waals surface area contributed by atoms with E-state index in [0.717, 1.165) is 44.9 Å². The van der Waals surface area contributed by atoms with Crippen LogP contribution in [0.15, 0.2) is 0 Å². The third-order valence-corrected chi connectivity index (χ3v) is 13.3. The third kappa shape index (κ3) is 3.38. The summed E-state index contributed by atoms with van der Waals surface area (Å²) >= 11 is 0. The lowest BCUT2D eigenvalue weighted by Crippen LogP contribution is -2.67. The molecule has 9 atom stereocenters. The van der Waals surface area contributed by atoms with Gasteiger partial charge in [-0.05, 0) is 73.0 Å². The van der Waals surface area contributed by atoms with E-state index < -0.39 is 16.9 Å². The van der Waals surface area contributed by atoms with Crippen molar-refractivity contribution in [1.29, 1.82) is 0 Å². The Kier molecular flexibility index (Phi) is 6.05. The summed E-state index contributed by atoms with van der Waals surface area (Å²) in [5.74, 6) is -0.222. The molecule has 4 aliphatic carbocycles. The number of methoxy groups -OCH3 is 1. The molecule has 5 aliphatic rings. The van der Waals surface area contributed by atoms with E-state index >= 15 is 0 Å². The molecule has 0 bridgehead atoms. The Morgan fingerprint density at radius 2 is 1.58 bits per heavy atom. The van der Waals surface area contributed by atoms with Crippen molar-refractivity contribution in [3.05, 3.63) is 11.4 Å². The van der Waals surface area contributed by atoms with Crippen molar-refractivity contribution in [2.24, 2.45) is 50.2 Å². The van der Waals surface area contributed by atoms with Crippen LogP contribution in [-0.4, -0.2) is 37.0 Å². The number of hydrogen-bond donors (Lipinski definition) is 0. The fourth-order valence-corrected chi connectivity index (χ4v) is 10.9. The maximum atomic E-state index is 13.8. The Balaban J connectivity index is 1.64. The Bertz CT molecular complexity index is 1100. The Hall–Kier alpha value is -1.90. The molecule has 0 aromatic carbocycles. The highest BCUT2D eigenvalue weighted by Gasteiger charge is 2.73. The quantitative estimate of drug-likeness (QED) is 0.292. The number of carbonyl (C=O) groups excluding carboxylic acids is 3. The van der Waals surface area contributed by atoms with E-state index in [1.165, 1.54) is 7.11 Å². The summed E-state index contributed by atoms with van der Waals surface area (Å²) in [7, 11) is 1.49. The summed E-state index contributed by atoms with van der Waals surface area (Å²) in [6.45, 7) is 23.3. The number of hydrogen-bond acceptors (Lipinski definition) is 5. The van der Waals surface area contributed by atoms with Gasteiger partial charge in [-0.15, -0.1) is 0 Å². The molecule has 1 aliphatic heterocycles. The van der Waals surface area contributed by atoms with Crippen LogP contribution < -0.4 is 0 Å². The van der Waals surface area contributed by atoms with E-state index in [-0.39, 0.29) is 63.2 Å². The largest absolute Gasteiger partial charge is 0.469 e. The molecule has 0 spiro atoms. The number of nitrogens with zero attached hydrogens (tertiary/aromatic N) is 1. The van der Waals surface area contributed by atoms with Crippen molar-refractivity contribution in [2.45, 2.75) is 118 Å². The van der Waals surface area contributed by atoms with E-state index in [1.54, 1.807) is 0 Å². The lowest BCUT2D eigenvalue weighted by atomic mass is 9.35. The second-order valence-corrected chi connectivity index (χ2v) is 15.7. The van der Waals surface area contributed by atoms with E-state index in [4.69, 9.17) is 16.0 Å². The Morgan fingerprint density at radius 1 is 0.921 bits per heavy atom. The van der Waals surface area contributed by atoms with Gasteiger partial charge in [-0.3, -0.25) is 14.4 Å². The van der Waals surface area contributed by atoms with Crippen LogP contribution >= 0.6 is 0 Å². The van der Waals surface area contributed by atoms with Gasteiger partial charge >= 0.3 is 11.9 Å². The average Bonchev–Trinajstić information content (AvgIpc) is 2.93. The molecule has 1 saturated heterocycles. The van der Waals surface area contributed by atoms with Crippen LogP contribution in [0, 0.1) is 56.8 Å². The number of ketones is 1. The molecule has 5 fully saturated rings. The lowest BCUT2D eigenvalue weighted by Gasteiger charge is -2.67. The standard InChI is InChI=1S/C32H47NO5/c1-27(2)12-14-32(26(36)37-9)15-13-31(7)25(19(32)17-27)38-23(34)16-22-29(5)18-20(33-8)24(35)28(3,4)21(29)10-11-30(22,31)6/h19-22,25H,10-18H2,1-7,9H3/t19-,20?,21-,22+,25+,29-,30+,31+,32-/m0/s1. The van der Waals surface area contributed by atoms with Crippen molar-refractivity contribution in [1.82, 2.24) is 0 Å². The first-order chi connectivity index (χ1) is 17.5. The molecule has 0 radical (unpaired) electrons. The van der Waals surface area contributed by atoms with Crippen molar-refractivity contribution in [3.8, 4) is 0 Å². The zero-order valence-electron chi connectivity index (χ0n) is 24.7. The molecule has 38 heavy (non-hydrogen) atoms. The van der Waals surface area contributed by atoms with Crippen LogP contribution in [0.3, 0.4) is 0 Å². The molecule has 210 valence electrons. The molecule has 0 N–H and O–H groups in total. The highest BCUT2D eigenvalue weighted by molar-refractivity contribution is 5.92. The number of fused-ring (bicyclic) bond motifs is 7. The summed E-state index contributed by atoms with van der Waals surface area (Å²) in [6.07, 6.45) is 6.41. The summed E-state index contributed by atoms with van der Waals surface area (Å²) in [5.41, 5.74) is -2.01. The van der Waals surface area contributed by atoms with Crippen molar-refractivity contribution >= 4 is 17.7 Å². The second-order valence-electron chi connectivity index (χ2n) is 15.7. The van der Waals surface area contributed by atoms with Gasteiger partial charge in [-0.2, -0.15) is 0 Å². The summed E-state index contributed by atoms with van der Waals surface area (Å²) in [5, 5.41) is 0. The molecule has 6 nitrogen and oxygen atoms in total. The van der Waals surface area contributed by atoms with Gasteiger partial charge in [-0.25, -0.2) is 6.57 Å². The van der Waals surface area contributed by atoms with Crippen molar-refractivity contribution in [2.75, 3.05) is 7.11 Å². The number of esters is 2. The van der Waals surface area contributed by atoms with Gasteiger partial charge in [0.1, 0.15) is 6.10 Å². The topological polar surface area (TPSA) is 74.0 Å².